The number of benzene rings is 1. The fourth-order valence-corrected chi connectivity index (χ4v) is 3.48. The Hall–Kier alpha value is -1.97. The number of aryl methyl sites for hydroxylation is 1. The van der Waals surface area contributed by atoms with Gasteiger partial charge in [-0.15, -0.1) is 24.0 Å². The lowest BCUT2D eigenvalue weighted by Gasteiger charge is -2.31. The van der Waals surface area contributed by atoms with Crippen molar-refractivity contribution in [3.63, 3.8) is 0 Å². The molecule has 1 aromatic carbocycles. The second-order valence-electron chi connectivity index (χ2n) is 6.98. The van der Waals surface area contributed by atoms with Crippen LogP contribution in [0.5, 0.6) is 0 Å². The van der Waals surface area contributed by atoms with E-state index in [4.69, 9.17) is 10.5 Å². The first-order valence-electron chi connectivity index (χ1n) is 9.61. The quantitative estimate of drug-likeness (QED) is 0.335. The second kappa shape index (κ2) is 10.5. The van der Waals surface area contributed by atoms with Crippen molar-refractivity contribution in [1.82, 2.24) is 15.2 Å². The molecule has 0 radical (unpaired) electrons. The number of carbonyl (C=O) groups excluding carboxylic acids is 1. The molecule has 1 aliphatic rings. The van der Waals surface area contributed by atoms with Gasteiger partial charge < -0.3 is 25.7 Å². The molecule has 0 aliphatic carbocycles. The van der Waals surface area contributed by atoms with Crippen LogP contribution >= 0.6 is 24.0 Å². The molecule has 154 valence electrons. The molecular weight excluding hydrogens is 469 g/mol. The van der Waals surface area contributed by atoms with Gasteiger partial charge in [0.2, 0.25) is 0 Å². The number of ether oxygens (including phenoxy) is 1. The van der Waals surface area contributed by atoms with Crippen LogP contribution in [0.2, 0.25) is 0 Å². The van der Waals surface area contributed by atoms with Crippen molar-refractivity contribution in [3.05, 3.63) is 35.5 Å². The summed E-state index contributed by atoms with van der Waals surface area (Å²) < 4.78 is 5.04. The third kappa shape index (κ3) is 5.76. The zero-order valence-corrected chi connectivity index (χ0v) is 18.9. The summed E-state index contributed by atoms with van der Waals surface area (Å²) in [5, 5.41) is 4.52. The molecule has 1 fully saturated rings. The average Bonchev–Trinajstić information content (AvgIpc) is 3.04. The van der Waals surface area contributed by atoms with Gasteiger partial charge in [0.15, 0.2) is 5.96 Å². The van der Waals surface area contributed by atoms with Crippen LogP contribution in [0.15, 0.2) is 29.4 Å². The Morgan fingerprint density at radius 3 is 2.86 bits per heavy atom. The SMILES string of the molecule is CCOC(=O)N1CCC(NC(N)=NCCc2c[nH]c3cc(C)ccc23)CC1.I. The molecule has 1 saturated heterocycles. The van der Waals surface area contributed by atoms with E-state index in [9.17, 15) is 4.79 Å². The monoisotopic (exact) mass is 499 g/mol. The van der Waals surface area contributed by atoms with Gasteiger partial charge in [-0.1, -0.05) is 12.1 Å². The molecule has 0 saturated carbocycles. The highest BCUT2D eigenvalue weighted by Crippen LogP contribution is 2.20. The molecule has 7 nitrogen and oxygen atoms in total. The summed E-state index contributed by atoms with van der Waals surface area (Å²) in [4.78, 5) is 21.3. The molecule has 2 aromatic rings. The Kier molecular flexibility index (Phi) is 8.40. The summed E-state index contributed by atoms with van der Waals surface area (Å²) in [6, 6.07) is 6.68. The van der Waals surface area contributed by atoms with E-state index in [0.717, 1.165) is 24.8 Å². The number of hydrogen-bond donors (Lipinski definition) is 3. The summed E-state index contributed by atoms with van der Waals surface area (Å²) >= 11 is 0. The van der Waals surface area contributed by atoms with E-state index in [0.29, 0.717) is 32.2 Å². The summed E-state index contributed by atoms with van der Waals surface area (Å²) in [5.41, 5.74) is 9.71. The summed E-state index contributed by atoms with van der Waals surface area (Å²) in [6.45, 7) is 6.32. The fourth-order valence-electron chi connectivity index (χ4n) is 3.48. The van der Waals surface area contributed by atoms with E-state index >= 15 is 0 Å². The Morgan fingerprint density at radius 1 is 1.39 bits per heavy atom. The van der Waals surface area contributed by atoms with E-state index in [1.54, 1.807) is 4.90 Å². The number of rotatable bonds is 5. The molecule has 0 atom stereocenters. The lowest BCUT2D eigenvalue weighted by atomic mass is 10.1. The normalized spacial score (nSPS) is 15.4. The molecule has 8 heteroatoms. The number of nitrogens with zero attached hydrogens (tertiary/aromatic N) is 2. The maximum atomic E-state index is 11.7. The second-order valence-corrected chi connectivity index (χ2v) is 6.98. The highest BCUT2D eigenvalue weighted by atomic mass is 127. The number of hydrogen-bond acceptors (Lipinski definition) is 3. The Balaban J connectivity index is 0.00000280. The molecule has 1 aliphatic heterocycles. The van der Waals surface area contributed by atoms with Crippen molar-refractivity contribution in [2.45, 2.75) is 39.2 Å². The molecule has 1 amide bonds. The number of nitrogens with one attached hydrogen (secondary N) is 2. The number of aromatic nitrogens is 1. The maximum absolute atomic E-state index is 11.7. The van der Waals surface area contributed by atoms with E-state index in [2.05, 4.69) is 40.4 Å². The number of nitrogens with two attached hydrogens (primary N) is 1. The van der Waals surface area contributed by atoms with Crippen molar-refractivity contribution < 1.29 is 9.53 Å². The molecule has 4 N–H and O–H groups in total. The van der Waals surface area contributed by atoms with Crippen LogP contribution in [0, 0.1) is 6.92 Å². The van der Waals surface area contributed by atoms with Crippen LogP contribution in [0.4, 0.5) is 4.79 Å². The number of guanidine groups is 1. The highest BCUT2D eigenvalue weighted by molar-refractivity contribution is 14.0. The fraction of sp³-hybridized carbons (Fsp3) is 0.500. The number of piperidine rings is 1. The lowest BCUT2D eigenvalue weighted by molar-refractivity contribution is 0.0963. The first kappa shape index (κ1) is 22.3. The van der Waals surface area contributed by atoms with Crippen molar-refractivity contribution in [1.29, 1.82) is 0 Å². The van der Waals surface area contributed by atoms with Gasteiger partial charge in [-0.3, -0.25) is 4.99 Å². The van der Waals surface area contributed by atoms with E-state index in [-0.39, 0.29) is 36.1 Å². The number of fused-ring (bicyclic) bond motifs is 1. The third-order valence-corrected chi connectivity index (χ3v) is 4.96. The van der Waals surface area contributed by atoms with Crippen LogP contribution in [0.25, 0.3) is 10.9 Å². The topological polar surface area (TPSA) is 95.7 Å². The molecule has 0 spiro atoms. The summed E-state index contributed by atoms with van der Waals surface area (Å²) in [5.74, 6) is 0.472. The number of carbonyl (C=O) groups is 1. The average molecular weight is 499 g/mol. The Morgan fingerprint density at radius 2 is 2.14 bits per heavy atom. The molecule has 1 aromatic heterocycles. The summed E-state index contributed by atoms with van der Waals surface area (Å²) in [6.07, 6.45) is 4.35. The lowest BCUT2D eigenvalue weighted by Crippen LogP contribution is -2.48. The van der Waals surface area contributed by atoms with Gasteiger partial charge in [-0.25, -0.2) is 4.79 Å². The van der Waals surface area contributed by atoms with Crippen LogP contribution in [0.3, 0.4) is 0 Å². The van der Waals surface area contributed by atoms with Crippen molar-refractivity contribution in [2.75, 3.05) is 26.2 Å². The zero-order chi connectivity index (χ0) is 19.2. The first-order chi connectivity index (χ1) is 13.1. The predicted molar refractivity (Wildman–Crippen MR) is 123 cm³/mol. The minimum absolute atomic E-state index is 0. The largest absolute Gasteiger partial charge is 0.450 e. The van der Waals surface area contributed by atoms with Crippen LogP contribution < -0.4 is 11.1 Å². The zero-order valence-electron chi connectivity index (χ0n) is 16.5. The van der Waals surface area contributed by atoms with Crippen molar-refractivity contribution in [2.24, 2.45) is 10.7 Å². The van der Waals surface area contributed by atoms with Gasteiger partial charge in [0.1, 0.15) is 0 Å². The van der Waals surface area contributed by atoms with Gasteiger partial charge in [0.05, 0.1) is 6.61 Å². The molecule has 2 heterocycles. The minimum Gasteiger partial charge on any atom is -0.450 e. The number of aliphatic imine (C=N–C) groups is 1. The van der Waals surface area contributed by atoms with Crippen LogP contribution in [-0.2, 0) is 11.2 Å². The molecular formula is C20H30IN5O2. The molecule has 0 unspecified atom stereocenters. The molecule has 0 bridgehead atoms. The third-order valence-electron chi connectivity index (χ3n) is 4.96. The van der Waals surface area contributed by atoms with Crippen LogP contribution in [-0.4, -0.2) is 54.2 Å². The maximum Gasteiger partial charge on any atom is 0.409 e. The Labute approximate surface area is 183 Å². The van der Waals surface area contributed by atoms with Crippen molar-refractivity contribution in [3.8, 4) is 0 Å². The van der Waals surface area contributed by atoms with Crippen molar-refractivity contribution >= 4 is 46.9 Å². The smallest absolute Gasteiger partial charge is 0.409 e. The number of aromatic amines is 1. The number of H-pyrrole nitrogens is 1. The first-order valence-corrected chi connectivity index (χ1v) is 9.61. The van der Waals surface area contributed by atoms with Gasteiger partial charge in [0.25, 0.3) is 0 Å². The van der Waals surface area contributed by atoms with Gasteiger partial charge >= 0.3 is 6.09 Å². The number of likely N-dealkylation sites (tertiary alicyclic amines) is 1. The van der Waals surface area contributed by atoms with E-state index in [1.807, 2.05) is 13.1 Å². The standard InChI is InChI=1S/C20H29N5O2.HI/c1-3-27-20(26)25-10-7-16(8-11-25)24-19(21)22-9-6-15-13-23-18-12-14(2)4-5-17(15)18;/h4-5,12-13,16,23H,3,6-11H2,1-2H3,(H3,21,22,24);1H. The van der Waals surface area contributed by atoms with Gasteiger partial charge in [0, 0.05) is 42.8 Å². The molecule has 28 heavy (non-hydrogen) atoms. The minimum atomic E-state index is -0.230. The van der Waals surface area contributed by atoms with Gasteiger partial charge in [-0.2, -0.15) is 0 Å². The Bertz CT molecular complexity index is 812. The van der Waals surface area contributed by atoms with Gasteiger partial charge in [-0.05, 0) is 50.3 Å². The summed E-state index contributed by atoms with van der Waals surface area (Å²) in [7, 11) is 0. The number of amides is 1. The molecule has 3 rings (SSSR count). The van der Waals surface area contributed by atoms with E-state index < -0.39 is 0 Å². The van der Waals surface area contributed by atoms with Crippen LogP contribution in [0.1, 0.15) is 30.9 Å². The number of halogens is 1. The predicted octanol–water partition coefficient (Wildman–Crippen LogP) is 3.16. The highest BCUT2D eigenvalue weighted by Gasteiger charge is 2.23. The van der Waals surface area contributed by atoms with E-state index in [1.165, 1.54) is 16.5 Å².